The van der Waals surface area contributed by atoms with Crippen LogP contribution in [-0.2, 0) is 12.8 Å². The normalized spacial score (nSPS) is 21.6. The van der Waals surface area contributed by atoms with E-state index in [-0.39, 0.29) is 0 Å². The Hall–Kier alpha value is -1.76. The summed E-state index contributed by atoms with van der Waals surface area (Å²) in [6.45, 7) is 4.54. The molecule has 0 aromatic heterocycles. The van der Waals surface area contributed by atoms with Gasteiger partial charge >= 0.3 is 0 Å². The third-order valence-electron chi connectivity index (χ3n) is 4.19. The van der Waals surface area contributed by atoms with Crippen molar-refractivity contribution in [1.82, 2.24) is 0 Å². The molecule has 0 amide bonds. The van der Waals surface area contributed by atoms with Gasteiger partial charge in [0.25, 0.3) is 0 Å². The first-order chi connectivity index (χ1) is 9.28. The van der Waals surface area contributed by atoms with Gasteiger partial charge in [0.2, 0.25) is 0 Å². The van der Waals surface area contributed by atoms with Crippen LogP contribution in [-0.4, -0.2) is 0 Å². The Labute approximate surface area is 115 Å². The van der Waals surface area contributed by atoms with Gasteiger partial charge in [-0.05, 0) is 41.5 Å². The monoisotopic (exact) mass is 251 g/mol. The minimum atomic E-state index is 0.431. The van der Waals surface area contributed by atoms with E-state index in [4.69, 9.17) is 0 Å². The van der Waals surface area contributed by atoms with Gasteiger partial charge in [-0.3, -0.25) is 0 Å². The first kappa shape index (κ1) is 12.3. The summed E-state index contributed by atoms with van der Waals surface area (Å²) in [6.07, 6.45) is 2.26. The smallest absolute Gasteiger partial charge is 0.0542 e. The molecule has 0 radical (unpaired) electrons. The second-order valence-electron chi connectivity index (χ2n) is 5.56. The third-order valence-corrected chi connectivity index (χ3v) is 4.19. The molecule has 2 unspecified atom stereocenters. The van der Waals surface area contributed by atoms with E-state index in [1.54, 1.807) is 0 Å². The van der Waals surface area contributed by atoms with Gasteiger partial charge in [-0.2, -0.15) is 0 Å². The number of nitrogens with one attached hydrogen (secondary N) is 1. The first-order valence-electron chi connectivity index (χ1n) is 7.21. The number of hydrogen-bond acceptors (Lipinski definition) is 1. The van der Waals surface area contributed by atoms with Gasteiger partial charge in [0, 0.05) is 5.69 Å². The average Bonchev–Trinajstić information content (AvgIpc) is 2.47. The van der Waals surface area contributed by atoms with Gasteiger partial charge in [0.05, 0.1) is 6.04 Å². The van der Waals surface area contributed by atoms with Crippen LogP contribution in [0.1, 0.15) is 36.6 Å². The Morgan fingerprint density at radius 2 is 1.79 bits per heavy atom. The van der Waals surface area contributed by atoms with Crippen LogP contribution in [0.4, 0.5) is 5.69 Å². The van der Waals surface area contributed by atoms with Crippen LogP contribution >= 0.6 is 0 Å². The highest BCUT2D eigenvalue weighted by molar-refractivity contribution is 5.55. The van der Waals surface area contributed by atoms with Gasteiger partial charge in [0.15, 0.2) is 0 Å². The predicted molar refractivity (Wildman–Crippen MR) is 81.5 cm³/mol. The standard InChI is InChI=1S/C18H21N/c1-3-14-8-10-15(11-9-14)18-13(2)12-16-6-4-5-7-17(16)19-18/h4-11,13,18-19H,3,12H2,1-2H3. The van der Waals surface area contributed by atoms with Crippen molar-refractivity contribution in [2.75, 3.05) is 5.32 Å². The molecule has 0 spiro atoms. The number of anilines is 1. The molecule has 2 aromatic rings. The Balaban J connectivity index is 1.89. The highest BCUT2D eigenvalue weighted by Crippen LogP contribution is 2.36. The molecular formula is C18H21N. The fourth-order valence-electron chi connectivity index (χ4n) is 2.99. The third kappa shape index (κ3) is 2.37. The summed E-state index contributed by atoms with van der Waals surface area (Å²) >= 11 is 0. The van der Waals surface area contributed by atoms with Crippen LogP contribution < -0.4 is 5.32 Å². The van der Waals surface area contributed by atoms with Crippen molar-refractivity contribution in [2.24, 2.45) is 5.92 Å². The zero-order valence-electron chi connectivity index (χ0n) is 11.7. The quantitative estimate of drug-likeness (QED) is 0.823. The summed E-state index contributed by atoms with van der Waals surface area (Å²) in [5.74, 6) is 0.627. The van der Waals surface area contributed by atoms with E-state index in [0.717, 1.165) is 12.8 Å². The molecule has 1 aliphatic rings. The topological polar surface area (TPSA) is 12.0 Å². The zero-order chi connectivity index (χ0) is 13.2. The minimum absolute atomic E-state index is 0.431. The number of rotatable bonds is 2. The first-order valence-corrected chi connectivity index (χ1v) is 7.21. The molecule has 2 atom stereocenters. The molecule has 1 N–H and O–H groups in total. The van der Waals surface area contributed by atoms with Crippen LogP contribution in [0.15, 0.2) is 48.5 Å². The lowest BCUT2D eigenvalue weighted by Gasteiger charge is -2.33. The molecular weight excluding hydrogens is 230 g/mol. The van der Waals surface area contributed by atoms with Crippen molar-refractivity contribution < 1.29 is 0 Å². The SMILES string of the molecule is CCc1ccc(C2Nc3ccccc3CC2C)cc1. The lowest BCUT2D eigenvalue weighted by molar-refractivity contribution is 0.479. The van der Waals surface area contributed by atoms with Crippen LogP contribution in [0.5, 0.6) is 0 Å². The second kappa shape index (κ2) is 5.08. The maximum atomic E-state index is 3.70. The van der Waals surface area contributed by atoms with Crippen molar-refractivity contribution in [2.45, 2.75) is 32.7 Å². The summed E-state index contributed by atoms with van der Waals surface area (Å²) in [6, 6.07) is 18.2. The van der Waals surface area contributed by atoms with Gasteiger partial charge in [-0.15, -0.1) is 0 Å². The molecule has 0 bridgehead atoms. The summed E-state index contributed by atoms with van der Waals surface area (Å²) < 4.78 is 0. The van der Waals surface area contributed by atoms with E-state index in [0.29, 0.717) is 12.0 Å². The summed E-state index contributed by atoms with van der Waals surface area (Å²) in [7, 11) is 0. The lowest BCUT2D eigenvalue weighted by Crippen LogP contribution is -2.25. The molecule has 1 aliphatic heterocycles. The molecule has 2 aromatic carbocycles. The summed E-state index contributed by atoms with van der Waals surface area (Å²) in [5.41, 5.74) is 5.55. The van der Waals surface area contributed by atoms with Crippen molar-refractivity contribution in [1.29, 1.82) is 0 Å². The second-order valence-corrected chi connectivity index (χ2v) is 5.56. The van der Waals surface area contributed by atoms with Crippen LogP contribution in [0.3, 0.4) is 0 Å². The van der Waals surface area contributed by atoms with E-state index < -0.39 is 0 Å². The maximum Gasteiger partial charge on any atom is 0.0542 e. The number of hydrogen-bond donors (Lipinski definition) is 1. The Morgan fingerprint density at radius 3 is 2.53 bits per heavy atom. The average molecular weight is 251 g/mol. The van der Waals surface area contributed by atoms with Crippen LogP contribution in [0, 0.1) is 5.92 Å². The van der Waals surface area contributed by atoms with Crippen molar-refractivity contribution >= 4 is 5.69 Å². The van der Waals surface area contributed by atoms with E-state index in [1.807, 2.05) is 0 Å². The van der Waals surface area contributed by atoms with E-state index in [2.05, 4.69) is 67.7 Å². The lowest BCUT2D eigenvalue weighted by atomic mass is 9.84. The fraction of sp³-hybridized carbons (Fsp3) is 0.333. The Bertz CT molecular complexity index is 556. The molecule has 0 aliphatic carbocycles. The number of aryl methyl sites for hydroxylation is 1. The molecule has 1 heteroatoms. The molecule has 19 heavy (non-hydrogen) atoms. The molecule has 0 fully saturated rings. The summed E-state index contributed by atoms with van der Waals surface area (Å²) in [4.78, 5) is 0. The van der Waals surface area contributed by atoms with E-state index in [1.165, 1.54) is 22.4 Å². The fourth-order valence-corrected chi connectivity index (χ4v) is 2.99. The Morgan fingerprint density at radius 1 is 1.05 bits per heavy atom. The largest absolute Gasteiger partial charge is 0.378 e. The number of para-hydroxylation sites is 1. The van der Waals surface area contributed by atoms with Crippen molar-refractivity contribution in [3.05, 3.63) is 65.2 Å². The summed E-state index contributed by atoms with van der Waals surface area (Å²) in [5, 5.41) is 3.70. The molecule has 1 nitrogen and oxygen atoms in total. The van der Waals surface area contributed by atoms with Gasteiger partial charge < -0.3 is 5.32 Å². The van der Waals surface area contributed by atoms with Crippen LogP contribution in [0.25, 0.3) is 0 Å². The predicted octanol–water partition coefficient (Wildman–Crippen LogP) is 4.59. The molecule has 98 valence electrons. The molecule has 3 rings (SSSR count). The highest BCUT2D eigenvalue weighted by atomic mass is 14.9. The molecule has 1 heterocycles. The van der Waals surface area contributed by atoms with Gasteiger partial charge in [-0.1, -0.05) is 56.3 Å². The van der Waals surface area contributed by atoms with E-state index in [9.17, 15) is 0 Å². The van der Waals surface area contributed by atoms with Crippen molar-refractivity contribution in [3.8, 4) is 0 Å². The minimum Gasteiger partial charge on any atom is -0.378 e. The number of benzene rings is 2. The maximum absolute atomic E-state index is 3.70. The van der Waals surface area contributed by atoms with E-state index >= 15 is 0 Å². The van der Waals surface area contributed by atoms with Crippen LogP contribution in [0.2, 0.25) is 0 Å². The Kier molecular flexibility index (Phi) is 3.29. The molecule has 0 saturated heterocycles. The van der Waals surface area contributed by atoms with Gasteiger partial charge in [-0.25, -0.2) is 0 Å². The van der Waals surface area contributed by atoms with Gasteiger partial charge in [0.1, 0.15) is 0 Å². The van der Waals surface area contributed by atoms with Crippen molar-refractivity contribution in [3.63, 3.8) is 0 Å². The number of fused-ring (bicyclic) bond motifs is 1. The highest BCUT2D eigenvalue weighted by Gasteiger charge is 2.25. The molecule has 0 saturated carbocycles. The zero-order valence-corrected chi connectivity index (χ0v) is 11.7.